The summed E-state index contributed by atoms with van der Waals surface area (Å²) in [5.41, 5.74) is 1.39. The molecule has 2 heterocycles. The highest BCUT2D eigenvalue weighted by Gasteiger charge is 2.07. The molecule has 0 spiro atoms. The van der Waals surface area contributed by atoms with Gasteiger partial charge in [0.25, 0.3) is 5.91 Å². The Morgan fingerprint density at radius 2 is 2.16 bits per heavy atom. The van der Waals surface area contributed by atoms with E-state index in [-0.39, 0.29) is 5.91 Å². The molecule has 0 radical (unpaired) electrons. The number of aryl methyl sites for hydroxylation is 1. The second-order valence-electron chi connectivity index (χ2n) is 4.07. The van der Waals surface area contributed by atoms with Crippen molar-refractivity contribution in [3.05, 3.63) is 36.0 Å². The SMILES string of the molecule is CNc1cnc(C(=O)NCCc2cnn(C)c2)cn1. The lowest BCUT2D eigenvalue weighted by Crippen LogP contribution is -2.26. The van der Waals surface area contributed by atoms with Crippen molar-refractivity contribution in [2.75, 3.05) is 18.9 Å². The first kappa shape index (κ1) is 13.0. The standard InChI is InChI=1S/C12H16N6O/c1-13-11-7-15-10(6-16-11)12(19)14-4-3-9-5-17-18(2)8-9/h5-8H,3-4H2,1-2H3,(H,13,16)(H,14,19). The third-order valence-electron chi connectivity index (χ3n) is 2.60. The first-order chi connectivity index (χ1) is 9.19. The number of amides is 1. The molecule has 2 rings (SSSR count). The maximum atomic E-state index is 11.8. The zero-order valence-electron chi connectivity index (χ0n) is 10.9. The summed E-state index contributed by atoms with van der Waals surface area (Å²) in [5, 5.41) is 9.71. The second-order valence-corrected chi connectivity index (χ2v) is 4.07. The van der Waals surface area contributed by atoms with E-state index in [0.717, 1.165) is 12.0 Å². The molecule has 0 aliphatic rings. The van der Waals surface area contributed by atoms with Crippen LogP contribution in [0.4, 0.5) is 5.82 Å². The summed E-state index contributed by atoms with van der Waals surface area (Å²) in [4.78, 5) is 19.9. The van der Waals surface area contributed by atoms with Gasteiger partial charge in [0.2, 0.25) is 0 Å². The fraction of sp³-hybridized carbons (Fsp3) is 0.333. The van der Waals surface area contributed by atoms with Gasteiger partial charge in [-0.15, -0.1) is 0 Å². The number of carbonyl (C=O) groups excluding carboxylic acids is 1. The zero-order chi connectivity index (χ0) is 13.7. The van der Waals surface area contributed by atoms with Gasteiger partial charge in [0.1, 0.15) is 11.5 Å². The van der Waals surface area contributed by atoms with Crippen LogP contribution in [0.2, 0.25) is 0 Å². The highest BCUT2D eigenvalue weighted by molar-refractivity contribution is 5.91. The molecule has 19 heavy (non-hydrogen) atoms. The molecule has 0 aromatic carbocycles. The van der Waals surface area contributed by atoms with Gasteiger partial charge in [-0.25, -0.2) is 9.97 Å². The van der Waals surface area contributed by atoms with E-state index in [1.165, 1.54) is 12.4 Å². The van der Waals surface area contributed by atoms with Crippen molar-refractivity contribution >= 4 is 11.7 Å². The van der Waals surface area contributed by atoms with Crippen LogP contribution in [0, 0.1) is 0 Å². The molecule has 0 aliphatic heterocycles. The fourth-order valence-corrected chi connectivity index (χ4v) is 1.59. The van der Waals surface area contributed by atoms with Gasteiger partial charge in [-0.2, -0.15) is 5.10 Å². The van der Waals surface area contributed by atoms with Crippen molar-refractivity contribution in [2.24, 2.45) is 7.05 Å². The Bertz CT molecular complexity index is 548. The molecule has 0 aliphatic carbocycles. The third kappa shape index (κ3) is 3.51. The van der Waals surface area contributed by atoms with Crippen LogP contribution in [-0.4, -0.2) is 39.2 Å². The Kier molecular flexibility index (Phi) is 4.07. The summed E-state index contributed by atoms with van der Waals surface area (Å²) in [6, 6.07) is 0. The quantitative estimate of drug-likeness (QED) is 0.803. The molecule has 0 saturated carbocycles. The van der Waals surface area contributed by atoms with Crippen molar-refractivity contribution in [3.63, 3.8) is 0 Å². The number of hydrogen-bond donors (Lipinski definition) is 2. The smallest absolute Gasteiger partial charge is 0.271 e. The third-order valence-corrected chi connectivity index (χ3v) is 2.60. The molecule has 2 N–H and O–H groups in total. The number of anilines is 1. The maximum absolute atomic E-state index is 11.8. The summed E-state index contributed by atoms with van der Waals surface area (Å²) < 4.78 is 1.74. The van der Waals surface area contributed by atoms with E-state index in [1.807, 2.05) is 13.2 Å². The van der Waals surface area contributed by atoms with E-state index in [1.54, 1.807) is 17.9 Å². The van der Waals surface area contributed by atoms with Gasteiger partial charge >= 0.3 is 0 Å². The summed E-state index contributed by atoms with van der Waals surface area (Å²) in [6.07, 6.45) is 7.42. The second kappa shape index (κ2) is 5.94. The highest BCUT2D eigenvalue weighted by atomic mass is 16.1. The minimum absolute atomic E-state index is 0.223. The predicted octanol–water partition coefficient (Wildman–Crippen LogP) is 0.224. The largest absolute Gasteiger partial charge is 0.372 e. The molecule has 0 unspecified atom stereocenters. The molecular weight excluding hydrogens is 244 g/mol. The van der Waals surface area contributed by atoms with Gasteiger partial charge < -0.3 is 10.6 Å². The molecule has 0 bridgehead atoms. The number of rotatable bonds is 5. The highest BCUT2D eigenvalue weighted by Crippen LogP contribution is 2.00. The topological polar surface area (TPSA) is 84.7 Å². The number of nitrogens with one attached hydrogen (secondary N) is 2. The molecule has 2 aromatic heterocycles. The molecule has 100 valence electrons. The van der Waals surface area contributed by atoms with E-state index in [9.17, 15) is 4.79 Å². The van der Waals surface area contributed by atoms with Crippen molar-refractivity contribution < 1.29 is 4.79 Å². The normalized spacial score (nSPS) is 10.2. The van der Waals surface area contributed by atoms with E-state index in [4.69, 9.17) is 0 Å². The van der Waals surface area contributed by atoms with Crippen LogP contribution in [0.25, 0.3) is 0 Å². The Morgan fingerprint density at radius 3 is 2.74 bits per heavy atom. The van der Waals surface area contributed by atoms with Crippen LogP contribution in [0.15, 0.2) is 24.8 Å². The molecule has 0 fully saturated rings. The summed E-state index contributed by atoms with van der Waals surface area (Å²) in [6.45, 7) is 0.542. The van der Waals surface area contributed by atoms with E-state index in [2.05, 4.69) is 25.7 Å². The minimum atomic E-state index is -0.223. The number of nitrogens with zero attached hydrogens (tertiary/aromatic N) is 4. The summed E-state index contributed by atoms with van der Waals surface area (Å²) in [5.74, 6) is 0.408. The minimum Gasteiger partial charge on any atom is -0.372 e. The van der Waals surface area contributed by atoms with Crippen LogP contribution in [0.3, 0.4) is 0 Å². The van der Waals surface area contributed by atoms with Crippen LogP contribution in [0.1, 0.15) is 16.1 Å². The number of aromatic nitrogens is 4. The van der Waals surface area contributed by atoms with Crippen molar-refractivity contribution in [2.45, 2.75) is 6.42 Å². The van der Waals surface area contributed by atoms with Crippen LogP contribution in [0.5, 0.6) is 0 Å². The molecule has 1 amide bonds. The Labute approximate surface area is 111 Å². The van der Waals surface area contributed by atoms with Crippen LogP contribution in [-0.2, 0) is 13.5 Å². The average Bonchev–Trinajstić information content (AvgIpc) is 2.84. The Hall–Kier alpha value is -2.44. The van der Waals surface area contributed by atoms with Gasteiger partial charge in [0, 0.05) is 26.8 Å². The van der Waals surface area contributed by atoms with Crippen molar-refractivity contribution in [1.29, 1.82) is 0 Å². The van der Waals surface area contributed by atoms with Crippen LogP contribution < -0.4 is 10.6 Å². The van der Waals surface area contributed by atoms with E-state index >= 15 is 0 Å². The average molecular weight is 260 g/mol. The van der Waals surface area contributed by atoms with Gasteiger partial charge in [-0.3, -0.25) is 9.48 Å². The van der Waals surface area contributed by atoms with Crippen molar-refractivity contribution in [1.82, 2.24) is 25.1 Å². The van der Waals surface area contributed by atoms with Gasteiger partial charge in [-0.1, -0.05) is 0 Å². The first-order valence-corrected chi connectivity index (χ1v) is 5.94. The number of carbonyl (C=O) groups is 1. The maximum Gasteiger partial charge on any atom is 0.271 e. The molecule has 2 aromatic rings. The van der Waals surface area contributed by atoms with E-state index in [0.29, 0.717) is 18.1 Å². The molecule has 7 nitrogen and oxygen atoms in total. The lowest BCUT2D eigenvalue weighted by molar-refractivity contribution is 0.0949. The van der Waals surface area contributed by atoms with E-state index < -0.39 is 0 Å². The summed E-state index contributed by atoms with van der Waals surface area (Å²) >= 11 is 0. The molecule has 7 heteroatoms. The Morgan fingerprint density at radius 1 is 1.32 bits per heavy atom. The van der Waals surface area contributed by atoms with Crippen molar-refractivity contribution in [3.8, 4) is 0 Å². The first-order valence-electron chi connectivity index (χ1n) is 5.94. The zero-order valence-corrected chi connectivity index (χ0v) is 10.9. The molecule has 0 saturated heterocycles. The summed E-state index contributed by atoms with van der Waals surface area (Å²) in [7, 11) is 3.61. The van der Waals surface area contributed by atoms with Gasteiger partial charge in [0.15, 0.2) is 0 Å². The van der Waals surface area contributed by atoms with Gasteiger partial charge in [-0.05, 0) is 12.0 Å². The Balaban J connectivity index is 1.83. The predicted molar refractivity (Wildman–Crippen MR) is 70.8 cm³/mol. The molecular formula is C12H16N6O. The monoisotopic (exact) mass is 260 g/mol. The number of hydrogen-bond acceptors (Lipinski definition) is 5. The fourth-order valence-electron chi connectivity index (χ4n) is 1.59. The molecule has 0 atom stereocenters. The van der Waals surface area contributed by atoms with Crippen LogP contribution >= 0.6 is 0 Å². The lowest BCUT2D eigenvalue weighted by atomic mass is 10.2. The van der Waals surface area contributed by atoms with Gasteiger partial charge in [0.05, 0.1) is 18.6 Å². The lowest BCUT2D eigenvalue weighted by Gasteiger charge is -2.04.